The lowest BCUT2D eigenvalue weighted by atomic mass is 10.1. The molecule has 0 aliphatic rings. The summed E-state index contributed by atoms with van der Waals surface area (Å²) in [6.45, 7) is 2.28. The van der Waals surface area contributed by atoms with E-state index >= 15 is 0 Å². The van der Waals surface area contributed by atoms with Gasteiger partial charge in [0, 0.05) is 45.3 Å². The van der Waals surface area contributed by atoms with Gasteiger partial charge < -0.3 is 10.6 Å². The van der Waals surface area contributed by atoms with Gasteiger partial charge in [-0.1, -0.05) is 24.3 Å². The molecule has 2 N–H and O–H groups in total. The standard InChI is InChI=1S/C17H25N5O2S/c1-18-17(19-9-3-11-22-12-4-10-21-22)20-13-15-5-7-16(8-6-15)14-25(2,23)24/h4-8,10,12H,3,9,11,13-14H2,1-2H3,(H2,18,19,20). The van der Waals surface area contributed by atoms with E-state index in [1.54, 1.807) is 13.2 Å². The maximum Gasteiger partial charge on any atom is 0.191 e. The van der Waals surface area contributed by atoms with E-state index in [0.717, 1.165) is 36.6 Å². The van der Waals surface area contributed by atoms with Crippen LogP contribution in [0.5, 0.6) is 0 Å². The Morgan fingerprint density at radius 2 is 1.92 bits per heavy atom. The summed E-state index contributed by atoms with van der Waals surface area (Å²) in [5.74, 6) is 0.806. The van der Waals surface area contributed by atoms with E-state index in [0.29, 0.717) is 6.54 Å². The zero-order chi connectivity index (χ0) is 18.1. The molecule has 0 amide bonds. The van der Waals surface area contributed by atoms with Crippen molar-refractivity contribution in [1.82, 2.24) is 20.4 Å². The van der Waals surface area contributed by atoms with Crippen LogP contribution in [0.2, 0.25) is 0 Å². The molecular formula is C17H25N5O2S. The zero-order valence-electron chi connectivity index (χ0n) is 14.6. The maximum atomic E-state index is 11.3. The lowest BCUT2D eigenvalue weighted by molar-refractivity contribution is 0.570. The minimum atomic E-state index is -3.00. The minimum absolute atomic E-state index is 0.0696. The summed E-state index contributed by atoms with van der Waals surface area (Å²) in [5.41, 5.74) is 1.86. The van der Waals surface area contributed by atoms with Gasteiger partial charge in [-0.15, -0.1) is 0 Å². The van der Waals surface area contributed by atoms with Crippen molar-refractivity contribution < 1.29 is 8.42 Å². The average Bonchev–Trinajstić information content (AvgIpc) is 3.07. The predicted octanol–water partition coefficient (Wildman–Crippen LogP) is 1.18. The topological polar surface area (TPSA) is 88.4 Å². The van der Waals surface area contributed by atoms with Crippen LogP contribution in [0.1, 0.15) is 17.5 Å². The van der Waals surface area contributed by atoms with Gasteiger partial charge in [0.2, 0.25) is 0 Å². The third-order valence-electron chi connectivity index (χ3n) is 3.55. The summed E-state index contributed by atoms with van der Waals surface area (Å²) in [7, 11) is -1.27. The molecule has 0 radical (unpaired) electrons. The Morgan fingerprint density at radius 3 is 2.52 bits per heavy atom. The van der Waals surface area contributed by atoms with Crippen molar-refractivity contribution in [3.05, 3.63) is 53.9 Å². The van der Waals surface area contributed by atoms with Crippen molar-refractivity contribution in [2.45, 2.75) is 25.3 Å². The third-order valence-corrected chi connectivity index (χ3v) is 4.41. The van der Waals surface area contributed by atoms with Gasteiger partial charge in [-0.05, 0) is 23.6 Å². The first kappa shape index (κ1) is 19.0. The number of rotatable bonds is 8. The quantitative estimate of drug-likeness (QED) is 0.418. The van der Waals surface area contributed by atoms with E-state index in [4.69, 9.17) is 0 Å². The van der Waals surface area contributed by atoms with E-state index < -0.39 is 9.84 Å². The van der Waals surface area contributed by atoms with Gasteiger partial charge in [0.15, 0.2) is 15.8 Å². The lowest BCUT2D eigenvalue weighted by Crippen LogP contribution is -2.37. The first-order valence-electron chi connectivity index (χ1n) is 8.14. The van der Waals surface area contributed by atoms with Crippen molar-refractivity contribution in [3.63, 3.8) is 0 Å². The number of nitrogens with zero attached hydrogens (tertiary/aromatic N) is 3. The fourth-order valence-corrected chi connectivity index (χ4v) is 3.14. The molecule has 0 unspecified atom stereocenters. The summed E-state index contributed by atoms with van der Waals surface area (Å²) < 4.78 is 24.5. The average molecular weight is 363 g/mol. The number of benzene rings is 1. The number of aromatic nitrogens is 2. The zero-order valence-corrected chi connectivity index (χ0v) is 15.5. The van der Waals surface area contributed by atoms with Gasteiger partial charge in [-0.3, -0.25) is 9.67 Å². The highest BCUT2D eigenvalue weighted by molar-refractivity contribution is 7.89. The van der Waals surface area contributed by atoms with Crippen molar-refractivity contribution in [3.8, 4) is 0 Å². The number of nitrogens with one attached hydrogen (secondary N) is 2. The number of hydrogen-bond acceptors (Lipinski definition) is 4. The monoisotopic (exact) mass is 363 g/mol. The molecule has 7 nitrogen and oxygen atoms in total. The molecule has 0 saturated carbocycles. The fraction of sp³-hybridized carbons (Fsp3) is 0.412. The minimum Gasteiger partial charge on any atom is -0.356 e. The van der Waals surface area contributed by atoms with Crippen molar-refractivity contribution >= 4 is 15.8 Å². The van der Waals surface area contributed by atoms with Crippen LogP contribution < -0.4 is 10.6 Å². The molecule has 1 aromatic carbocycles. The van der Waals surface area contributed by atoms with Crippen molar-refractivity contribution in [1.29, 1.82) is 0 Å². The molecule has 1 aromatic heterocycles. The molecule has 2 rings (SSSR count). The summed E-state index contributed by atoms with van der Waals surface area (Å²) in [6.07, 6.45) is 5.91. The SMILES string of the molecule is CN=C(NCCCn1cccn1)NCc1ccc(CS(C)(=O)=O)cc1. The number of aliphatic imine (C=N–C) groups is 1. The van der Waals surface area contributed by atoms with Crippen LogP contribution >= 0.6 is 0 Å². The van der Waals surface area contributed by atoms with E-state index in [1.807, 2.05) is 41.2 Å². The van der Waals surface area contributed by atoms with Crippen LogP contribution in [0.3, 0.4) is 0 Å². The van der Waals surface area contributed by atoms with Gasteiger partial charge in [0.25, 0.3) is 0 Å². The fourth-order valence-electron chi connectivity index (χ4n) is 2.34. The predicted molar refractivity (Wildman–Crippen MR) is 100 cm³/mol. The summed E-state index contributed by atoms with van der Waals surface area (Å²) in [5, 5.41) is 10.7. The molecule has 8 heteroatoms. The smallest absolute Gasteiger partial charge is 0.191 e. The molecule has 25 heavy (non-hydrogen) atoms. The van der Waals surface area contributed by atoms with Gasteiger partial charge in [0.05, 0.1) is 5.75 Å². The molecule has 0 saturated heterocycles. The molecule has 2 aromatic rings. The molecule has 0 bridgehead atoms. The van der Waals surface area contributed by atoms with Crippen molar-refractivity contribution in [2.75, 3.05) is 19.8 Å². The van der Waals surface area contributed by atoms with Crippen LogP contribution in [0.15, 0.2) is 47.7 Å². The number of sulfone groups is 1. The Morgan fingerprint density at radius 1 is 1.20 bits per heavy atom. The molecular weight excluding hydrogens is 338 g/mol. The molecule has 0 aliphatic carbocycles. The number of aryl methyl sites for hydroxylation is 1. The second kappa shape index (κ2) is 9.22. The Bertz CT molecular complexity index is 768. The molecule has 0 atom stereocenters. The molecule has 0 aliphatic heterocycles. The highest BCUT2D eigenvalue weighted by Crippen LogP contribution is 2.07. The third kappa shape index (κ3) is 7.38. The Kier molecular flexibility index (Phi) is 7.00. The van der Waals surface area contributed by atoms with Gasteiger partial charge >= 0.3 is 0 Å². The summed E-state index contributed by atoms with van der Waals surface area (Å²) in [6, 6.07) is 9.46. The van der Waals surface area contributed by atoms with Gasteiger partial charge in [-0.2, -0.15) is 5.10 Å². The highest BCUT2D eigenvalue weighted by Gasteiger charge is 2.04. The second-order valence-electron chi connectivity index (χ2n) is 5.86. The lowest BCUT2D eigenvalue weighted by Gasteiger charge is -2.12. The Hall–Kier alpha value is -2.35. The Labute approximate surface area is 149 Å². The van der Waals surface area contributed by atoms with E-state index in [2.05, 4.69) is 20.7 Å². The largest absolute Gasteiger partial charge is 0.356 e. The van der Waals surface area contributed by atoms with E-state index in [9.17, 15) is 8.42 Å². The Balaban J connectivity index is 1.72. The van der Waals surface area contributed by atoms with E-state index in [-0.39, 0.29) is 5.75 Å². The van der Waals surface area contributed by atoms with Crippen molar-refractivity contribution in [2.24, 2.45) is 4.99 Å². The maximum absolute atomic E-state index is 11.3. The first-order valence-corrected chi connectivity index (χ1v) is 10.2. The molecule has 136 valence electrons. The molecule has 0 fully saturated rings. The van der Waals surface area contributed by atoms with E-state index in [1.165, 1.54) is 6.26 Å². The van der Waals surface area contributed by atoms with Crippen LogP contribution in [0, 0.1) is 0 Å². The van der Waals surface area contributed by atoms with Crippen LogP contribution in [0.25, 0.3) is 0 Å². The van der Waals surface area contributed by atoms with Gasteiger partial charge in [0.1, 0.15) is 0 Å². The highest BCUT2D eigenvalue weighted by atomic mass is 32.2. The number of hydrogen-bond donors (Lipinski definition) is 2. The normalized spacial score (nSPS) is 12.2. The summed E-state index contributed by atoms with van der Waals surface area (Å²) in [4.78, 5) is 4.20. The molecule has 0 spiro atoms. The number of guanidine groups is 1. The molecule has 1 heterocycles. The van der Waals surface area contributed by atoms with Crippen LogP contribution in [-0.2, 0) is 28.7 Å². The van der Waals surface area contributed by atoms with Crippen LogP contribution in [0.4, 0.5) is 0 Å². The summed E-state index contributed by atoms with van der Waals surface area (Å²) >= 11 is 0. The van der Waals surface area contributed by atoms with Crippen LogP contribution in [-0.4, -0.2) is 44.0 Å². The van der Waals surface area contributed by atoms with Gasteiger partial charge in [-0.25, -0.2) is 8.42 Å². The first-order chi connectivity index (χ1) is 12.0. The second-order valence-corrected chi connectivity index (χ2v) is 8.00.